The SMILES string of the molecule is Nc1ncnc2c1c(-c1ccc(Oc3ccccc3)cc1)nn2C1CCCN(C(=O)CCCN2CCN(CCCCCCCCCCCCNc3cccc4c3CN(C3CCC(=O)NC3=O)C4=O)CC2)C1. The van der Waals surface area contributed by atoms with Gasteiger partial charge < -0.3 is 35.4 Å². The molecule has 3 fully saturated rings. The highest BCUT2D eigenvalue weighted by atomic mass is 16.5. The number of unbranched alkanes of at least 4 members (excludes halogenated alkanes) is 9. The van der Waals surface area contributed by atoms with Gasteiger partial charge in [-0.15, -0.1) is 0 Å². The first-order chi connectivity index (χ1) is 34.8. The number of para-hydroxylation sites is 1. The van der Waals surface area contributed by atoms with Crippen LogP contribution >= 0.6 is 0 Å². The van der Waals surface area contributed by atoms with Gasteiger partial charge in [0, 0.05) is 87.6 Å². The third-order valence-corrected chi connectivity index (χ3v) is 14.8. The number of nitrogens with one attached hydrogen (secondary N) is 2. The van der Waals surface area contributed by atoms with Gasteiger partial charge in [-0.1, -0.05) is 75.6 Å². The summed E-state index contributed by atoms with van der Waals surface area (Å²) in [4.78, 5) is 68.5. The molecular weight excluding hydrogens is 895 g/mol. The number of carbonyl (C=O) groups excluding carboxylic acids is 4. The second kappa shape index (κ2) is 24.2. The molecule has 6 heterocycles. The molecule has 16 nitrogen and oxygen atoms in total. The van der Waals surface area contributed by atoms with Crippen molar-refractivity contribution in [2.24, 2.45) is 0 Å². The van der Waals surface area contributed by atoms with Gasteiger partial charge in [0.1, 0.15) is 35.4 Å². The van der Waals surface area contributed by atoms with Crippen LogP contribution in [0.5, 0.6) is 11.5 Å². The maximum absolute atomic E-state index is 13.6. The molecule has 0 aliphatic carbocycles. The smallest absolute Gasteiger partial charge is 0.255 e. The Balaban J connectivity index is 0.603. The molecule has 5 aromatic rings. The maximum Gasteiger partial charge on any atom is 0.255 e. The van der Waals surface area contributed by atoms with Gasteiger partial charge in [-0.2, -0.15) is 5.10 Å². The topological polar surface area (TPSA) is 184 Å². The van der Waals surface area contributed by atoms with Gasteiger partial charge in [-0.25, -0.2) is 14.6 Å². The fourth-order valence-corrected chi connectivity index (χ4v) is 10.8. The van der Waals surface area contributed by atoms with Crippen molar-refractivity contribution in [1.82, 2.24) is 44.7 Å². The lowest BCUT2D eigenvalue weighted by atomic mass is 10.0. The van der Waals surface area contributed by atoms with E-state index in [9.17, 15) is 19.2 Å². The molecule has 0 radical (unpaired) electrons. The van der Waals surface area contributed by atoms with Gasteiger partial charge in [0.15, 0.2) is 5.65 Å². The first-order valence-corrected chi connectivity index (χ1v) is 26.3. The van der Waals surface area contributed by atoms with E-state index in [1.54, 1.807) is 4.90 Å². The number of nitrogens with two attached hydrogens (primary N) is 1. The molecule has 9 rings (SSSR count). The van der Waals surface area contributed by atoms with Crippen LogP contribution in [0.3, 0.4) is 0 Å². The number of fused-ring (bicyclic) bond motifs is 2. The number of benzene rings is 3. The van der Waals surface area contributed by atoms with Crippen LogP contribution in [-0.2, 0) is 20.9 Å². The summed E-state index contributed by atoms with van der Waals surface area (Å²) in [6.45, 7) is 9.10. The van der Waals surface area contributed by atoms with Crippen molar-refractivity contribution >= 4 is 46.2 Å². The van der Waals surface area contributed by atoms with Gasteiger partial charge in [0.05, 0.1) is 11.4 Å². The first-order valence-electron chi connectivity index (χ1n) is 26.3. The summed E-state index contributed by atoms with van der Waals surface area (Å²) in [5.74, 6) is 1.32. The van der Waals surface area contributed by atoms with Crippen molar-refractivity contribution in [2.45, 2.75) is 121 Å². The Kier molecular flexibility index (Phi) is 16.9. The molecule has 4 aliphatic rings. The van der Waals surface area contributed by atoms with E-state index in [-0.39, 0.29) is 36.1 Å². The first kappa shape index (κ1) is 49.6. The highest BCUT2D eigenvalue weighted by Crippen LogP contribution is 2.36. The van der Waals surface area contributed by atoms with E-state index in [0.29, 0.717) is 43.0 Å². The van der Waals surface area contributed by atoms with Crippen molar-refractivity contribution in [3.63, 3.8) is 0 Å². The van der Waals surface area contributed by atoms with Crippen LogP contribution in [0.1, 0.15) is 125 Å². The number of nitrogens with zero attached hydrogens (tertiary/aromatic N) is 8. The number of amides is 4. The number of imide groups is 1. The van der Waals surface area contributed by atoms with Crippen molar-refractivity contribution < 1.29 is 23.9 Å². The van der Waals surface area contributed by atoms with Crippen LogP contribution in [0.25, 0.3) is 22.3 Å². The summed E-state index contributed by atoms with van der Waals surface area (Å²) in [6, 6.07) is 22.7. The van der Waals surface area contributed by atoms with Crippen molar-refractivity contribution in [3.05, 3.63) is 90.3 Å². The Labute approximate surface area is 417 Å². The van der Waals surface area contributed by atoms with E-state index in [4.69, 9.17) is 15.6 Å². The molecule has 71 heavy (non-hydrogen) atoms. The maximum atomic E-state index is 13.6. The van der Waals surface area contributed by atoms with Crippen LogP contribution < -0.4 is 21.1 Å². The standard InChI is InChI=1S/C55H71N11O5/c56-52-50-51(40-23-25-43(26-24-40)71-42-18-10-9-11-19-42)61-66(53(50)59-39-58-52)41-17-15-32-64(37-41)49(68)22-16-31-63-35-33-62(34-36-63)30-13-8-6-4-2-1-3-5-7-12-29-57-46-21-14-20-44-45(46)38-65(55(44)70)47-27-28-48(67)60-54(47)69/h9-11,14,18-21,23-26,39,41,47,57H,1-8,12-13,15-17,22,27-38H2,(H2,56,58,59)(H,60,67,69). The van der Waals surface area contributed by atoms with Gasteiger partial charge in [0.2, 0.25) is 17.7 Å². The molecule has 4 aliphatic heterocycles. The number of carbonyl (C=O) groups is 4. The van der Waals surface area contributed by atoms with Gasteiger partial charge in [-0.3, -0.25) is 24.5 Å². The number of nitrogen functional groups attached to an aromatic ring is 1. The predicted octanol–water partition coefficient (Wildman–Crippen LogP) is 8.20. The number of piperazine rings is 1. The normalized spacial score (nSPS) is 18.8. The van der Waals surface area contributed by atoms with Crippen LogP contribution in [-0.4, -0.2) is 128 Å². The quantitative estimate of drug-likeness (QED) is 0.0422. The van der Waals surface area contributed by atoms with Gasteiger partial charge >= 0.3 is 0 Å². The van der Waals surface area contributed by atoms with Crippen LogP contribution in [0.4, 0.5) is 11.5 Å². The third kappa shape index (κ3) is 12.6. The summed E-state index contributed by atoms with van der Waals surface area (Å²) in [6.07, 6.45) is 17.9. The molecule has 2 unspecified atom stereocenters. The number of rotatable bonds is 23. The molecule has 4 N–H and O–H groups in total. The average molecular weight is 966 g/mol. The largest absolute Gasteiger partial charge is 0.457 e. The summed E-state index contributed by atoms with van der Waals surface area (Å²) in [5, 5.41) is 11.7. The Bertz CT molecular complexity index is 2600. The third-order valence-electron chi connectivity index (χ3n) is 14.8. The number of hydrogen-bond acceptors (Lipinski definition) is 12. The Morgan fingerprint density at radius 1 is 0.746 bits per heavy atom. The summed E-state index contributed by atoms with van der Waals surface area (Å²) in [5.41, 5.74) is 11.3. The molecule has 16 heteroatoms. The number of piperidine rings is 2. The number of anilines is 2. The Morgan fingerprint density at radius 2 is 1.44 bits per heavy atom. The second-order valence-electron chi connectivity index (χ2n) is 19.8. The monoisotopic (exact) mass is 966 g/mol. The van der Waals surface area contributed by atoms with E-state index in [0.717, 1.165) is 111 Å². The summed E-state index contributed by atoms with van der Waals surface area (Å²) in [7, 11) is 0. The Hall–Kier alpha value is -6.39. The molecule has 4 amide bonds. The molecule has 376 valence electrons. The number of aromatic nitrogens is 4. The highest BCUT2D eigenvalue weighted by molar-refractivity contribution is 6.06. The zero-order valence-electron chi connectivity index (χ0n) is 41.2. The van der Waals surface area contributed by atoms with E-state index in [2.05, 4.69) is 30.4 Å². The van der Waals surface area contributed by atoms with Crippen molar-refractivity contribution in [1.29, 1.82) is 0 Å². The van der Waals surface area contributed by atoms with Crippen LogP contribution in [0, 0.1) is 0 Å². The van der Waals surface area contributed by atoms with Crippen molar-refractivity contribution in [3.8, 4) is 22.8 Å². The van der Waals surface area contributed by atoms with Gasteiger partial charge in [0.25, 0.3) is 5.91 Å². The lowest BCUT2D eigenvalue weighted by molar-refractivity contribution is -0.137. The lowest BCUT2D eigenvalue weighted by Gasteiger charge is -2.35. The minimum absolute atomic E-state index is 0.00603. The average Bonchev–Trinajstić information content (AvgIpc) is 3.95. The van der Waals surface area contributed by atoms with E-state index in [1.807, 2.05) is 82.4 Å². The molecule has 0 spiro atoms. The Morgan fingerprint density at radius 3 is 2.17 bits per heavy atom. The minimum atomic E-state index is -0.593. The van der Waals surface area contributed by atoms with Crippen LogP contribution in [0.15, 0.2) is 79.1 Å². The molecule has 3 aromatic carbocycles. The molecular formula is C55H71N11O5. The van der Waals surface area contributed by atoms with Gasteiger partial charge in [-0.05, 0) is 100 Å². The summed E-state index contributed by atoms with van der Waals surface area (Å²) >= 11 is 0. The zero-order chi connectivity index (χ0) is 48.9. The molecule has 0 bridgehead atoms. The zero-order valence-corrected chi connectivity index (χ0v) is 41.2. The highest BCUT2D eigenvalue weighted by Gasteiger charge is 2.40. The minimum Gasteiger partial charge on any atom is -0.457 e. The van der Waals surface area contributed by atoms with E-state index < -0.39 is 6.04 Å². The predicted molar refractivity (Wildman–Crippen MR) is 276 cm³/mol. The lowest BCUT2D eigenvalue weighted by Crippen LogP contribution is -2.52. The second-order valence-corrected chi connectivity index (χ2v) is 19.8. The van der Waals surface area contributed by atoms with E-state index >= 15 is 0 Å². The molecule has 3 saturated heterocycles. The number of likely N-dealkylation sites (tertiary alicyclic amines) is 1. The fraction of sp³-hybridized carbons (Fsp3) is 0.509. The molecule has 2 aromatic heterocycles. The fourth-order valence-electron chi connectivity index (χ4n) is 10.8. The molecule has 2 atom stereocenters. The molecule has 0 saturated carbocycles. The van der Waals surface area contributed by atoms with Crippen molar-refractivity contribution in [2.75, 3.05) is 70.0 Å². The number of ether oxygens (including phenoxy) is 1. The number of hydrogen-bond donors (Lipinski definition) is 3. The summed E-state index contributed by atoms with van der Waals surface area (Å²) < 4.78 is 7.98. The van der Waals surface area contributed by atoms with Crippen LogP contribution in [0.2, 0.25) is 0 Å². The van der Waals surface area contributed by atoms with E-state index in [1.165, 1.54) is 70.7 Å².